The first-order valence-corrected chi connectivity index (χ1v) is 7.36. The van der Waals surface area contributed by atoms with Crippen LogP contribution in [0.3, 0.4) is 0 Å². The summed E-state index contributed by atoms with van der Waals surface area (Å²) in [5.74, 6) is 0.473. The van der Waals surface area contributed by atoms with E-state index in [9.17, 15) is 4.79 Å². The topological polar surface area (TPSA) is 66.9 Å². The lowest BCUT2D eigenvalue weighted by molar-refractivity contribution is -0.114. The van der Waals surface area contributed by atoms with Crippen LogP contribution in [0, 0.1) is 20.8 Å². The molecule has 0 saturated heterocycles. The lowest BCUT2D eigenvalue weighted by Crippen LogP contribution is -2.22. The number of nitrogens with one attached hydrogen (secondary N) is 2. The molecule has 0 fully saturated rings. The molecule has 21 heavy (non-hydrogen) atoms. The molecule has 2 N–H and O–H groups in total. The third-order valence-corrected chi connectivity index (χ3v) is 3.62. The van der Waals surface area contributed by atoms with Crippen LogP contribution in [0.1, 0.15) is 16.8 Å². The van der Waals surface area contributed by atoms with Gasteiger partial charge in [-0.2, -0.15) is 5.10 Å². The van der Waals surface area contributed by atoms with E-state index in [4.69, 9.17) is 0 Å². The first-order chi connectivity index (χ1) is 9.95. The van der Waals surface area contributed by atoms with Gasteiger partial charge in [0.1, 0.15) is 5.82 Å². The molecule has 0 aliphatic carbocycles. The summed E-state index contributed by atoms with van der Waals surface area (Å²) in [5.41, 5.74) is 3.73. The van der Waals surface area contributed by atoms with Crippen LogP contribution in [0.15, 0.2) is 28.7 Å². The second kappa shape index (κ2) is 6.67. The van der Waals surface area contributed by atoms with Gasteiger partial charge < -0.3 is 10.6 Å². The van der Waals surface area contributed by atoms with Gasteiger partial charge >= 0.3 is 0 Å². The predicted octanol–water partition coefficient (Wildman–Crippen LogP) is 3.21. The van der Waals surface area contributed by atoms with Crippen molar-refractivity contribution in [2.24, 2.45) is 0 Å². The standard InChI is InChI=1S/C15H17BrN4O/c1-9-7-14(20-19-11(9)3)17-8-15(21)18-13-5-4-12(16)6-10(13)2/h4-7H,8H2,1-3H3,(H,17,20)(H,18,21). The summed E-state index contributed by atoms with van der Waals surface area (Å²) in [7, 11) is 0. The number of carbonyl (C=O) groups excluding carboxylic acids is 1. The van der Waals surface area contributed by atoms with E-state index in [-0.39, 0.29) is 12.5 Å². The van der Waals surface area contributed by atoms with E-state index in [1.54, 1.807) is 0 Å². The summed E-state index contributed by atoms with van der Waals surface area (Å²) < 4.78 is 0.988. The number of hydrogen-bond donors (Lipinski definition) is 2. The summed E-state index contributed by atoms with van der Waals surface area (Å²) in [6.07, 6.45) is 0. The van der Waals surface area contributed by atoms with Gasteiger partial charge in [-0.1, -0.05) is 15.9 Å². The molecule has 2 rings (SSSR count). The van der Waals surface area contributed by atoms with Crippen molar-refractivity contribution in [2.75, 3.05) is 17.2 Å². The number of anilines is 2. The van der Waals surface area contributed by atoms with Gasteiger partial charge in [0.2, 0.25) is 5.91 Å². The lowest BCUT2D eigenvalue weighted by atomic mass is 10.2. The number of aryl methyl sites for hydroxylation is 3. The summed E-state index contributed by atoms with van der Waals surface area (Å²) in [5, 5.41) is 13.8. The molecule has 1 amide bonds. The van der Waals surface area contributed by atoms with Gasteiger partial charge in [0.15, 0.2) is 0 Å². The van der Waals surface area contributed by atoms with E-state index in [0.717, 1.165) is 27.0 Å². The van der Waals surface area contributed by atoms with Gasteiger partial charge in [-0.25, -0.2) is 0 Å². The summed E-state index contributed by atoms with van der Waals surface area (Å²) in [4.78, 5) is 11.9. The van der Waals surface area contributed by atoms with Crippen molar-refractivity contribution in [3.63, 3.8) is 0 Å². The quantitative estimate of drug-likeness (QED) is 0.890. The van der Waals surface area contributed by atoms with E-state index in [1.807, 2.05) is 45.0 Å². The monoisotopic (exact) mass is 348 g/mol. The predicted molar refractivity (Wildman–Crippen MR) is 87.5 cm³/mol. The summed E-state index contributed by atoms with van der Waals surface area (Å²) >= 11 is 3.40. The van der Waals surface area contributed by atoms with Crippen LogP contribution in [0.4, 0.5) is 11.5 Å². The van der Waals surface area contributed by atoms with Crippen LogP contribution >= 0.6 is 15.9 Å². The van der Waals surface area contributed by atoms with Gasteiger partial charge in [-0.3, -0.25) is 4.79 Å². The third kappa shape index (κ3) is 4.26. The number of amides is 1. The number of hydrogen-bond acceptors (Lipinski definition) is 4. The Morgan fingerprint density at radius 3 is 2.57 bits per heavy atom. The average molecular weight is 349 g/mol. The van der Waals surface area contributed by atoms with Gasteiger partial charge in [0, 0.05) is 10.2 Å². The van der Waals surface area contributed by atoms with Crippen molar-refractivity contribution in [3.05, 3.63) is 45.6 Å². The number of carbonyl (C=O) groups is 1. The van der Waals surface area contributed by atoms with E-state index < -0.39 is 0 Å². The molecule has 0 radical (unpaired) electrons. The van der Waals surface area contributed by atoms with Crippen molar-refractivity contribution >= 4 is 33.3 Å². The van der Waals surface area contributed by atoms with Crippen molar-refractivity contribution in [3.8, 4) is 0 Å². The van der Waals surface area contributed by atoms with E-state index in [1.165, 1.54) is 0 Å². The molecular weight excluding hydrogens is 332 g/mol. The Balaban J connectivity index is 1.94. The Labute approximate surface area is 132 Å². The zero-order valence-corrected chi connectivity index (χ0v) is 13.8. The fraction of sp³-hybridized carbons (Fsp3) is 0.267. The molecule has 0 atom stereocenters. The number of aromatic nitrogens is 2. The molecule has 0 saturated carbocycles. The van der Waals surface area contributed by atoms with Crippen molar-refractivity contribution in [1.29, 1.82) is 0 Å². The largest absolute Gasteiger partial charge is 0.359 e. The third-order valence-electron chi connectivity index (χ3n) is 3.12. The molecule has 1 aromatic heterocycles. The summed E-state index contributed by atoms with van der Waals surface area (Å²) in [6.45, 7) is 5.95. The fourth-order valence-corrected chi connectivity index (χ4v) is 2.24. The minimum atomic E-state index is -0.125. The lowest BCUT2D eigenvalue weighted by Gasteiger charge is -2.10. The Kier molecular flexibility index (Phi) is 4.90. The molecule has 0 unspecified atom stereocenters. The molecule has 110 valence electrons. The van der Waals surface area contributed by atoms with Crippen molar-refractivity contribution < 1.29 is 4.79 Å². The van der Waals surface area contributed by atoms with Crippen LogP contribution < -0.4 is 10.6 Å². The Hall–Kier alpha value is -1.95. The molecule has 5 nitrogen and oxygen atoms in total. The normalized spacial score (nSPS) is 10.3. The van der Waals surface area contributed by atoms with Gasteiger partial charge in [0.25, 0.3) is 0 Å². The molecular formula is C15H17BrN4O. The zero-order chi connectivity index (χ0) is 15.4. The zero-order valence-electron chi connectivity index (χ0n) is 12.2. The Morgan fingerprint density at radius 1 is 1.14 bits per heavy atom. The fourth-order valence-electron chi connectivity index (χ4n) is 1.77. The van der Waals surface area contributed by atoms with Crippen LogP contribution in [0.25, 0.3) is 0 Å². The smallest absolute Gasteiger partial charge is 0.243 e. The van der Waals surface area contributed by atoms with Gasteiger partial charge in [-0.15, -0.1) is 5.10 Å². The van der Waals surface area contributed by atoms with E-state index in [0.29, 0.717) is 5.82 Å². The number of rotatable bonds is 4. The minimum Gasteiger partial charge on any atom is -0.359 e. The second-order valence-corrected chi connectivity index (χ2v) is 5.77. The van der Waals surface area contributed by atoms with Crippen LogP contribution in [0.5, 0.6) is 0 Å². The molecule has 1 aromatic carbocycles. The second-order valence-electron chi connectivity index (χ2n) is 4.86. The van der Waals surface area contributed by atoms with Crippen LogP contribution in [-0.4, -0.2) is 22.6 Å². The highest BCUT2D eigenvalue weighted by Gasteiger charge is 2.06. The van der Waals surface area contributed by atoms with Crippen molar-refractivity contribution in [2.45, 2.75) is 20.8 Å². The average Bonchev–Trinajstić information content (AvgIpc) is 2.43. The number of nitrogens with zero attached hydrogens (tertiary/aromatic N) is 2. The maximum atomic E-state index is 11.9. The summed E-state index contributed by atoms with van der Waals surface area (Å²) in [6, 6.07) is 7.59. The van der Waals surface area contributed by atoms with Crippen LogP contribution in [0.2, 0.25) is 0 Å². The van der Waals surface area contributed by atoms with Crippen LogP contribution in [-0.2, 0) is 4.79 Å². The maximum absolute atomic E-state index is 11.9. The molecule has 1 heterocycles. The highest BCUT2D eigenvalue weighted by atomic mass is 79.9. The first-order valence-electron chi connectivity index (χ1n) is 6.56. The van der Waals surface area contributed by atoms with Gasteiger partial charge in [0.05, 0.1) is 12.2 Å². The maximum Gasteiger partial charge on any atom is 0.243 e. The van der Waals surface area contributed by atoms with E-state index >= 15 is 0 Å². The van der Waals surface area contributed by atoms with Crippen molar-refractivity contribution in [1.82, 2.24) is 10.2 Å². The molecule has 0 bridgehead atoms. The molecule has 6 heteroatoms. The molecule has 0 spiro atoms. The Bertz CT molecular complexity index is 673. The molecule has 0 aliphatic rings. The highest BCUT2D eigenvalue weighted by Crippen LogP contribution is 2.19. The van der Waals surface area contributed by atoms with Gasteiger partial charge in [-0.05, 0) is 56.2 Å². The number of halogens is 1. The highest BCUT2D eigenvalue weighted by molar-refractivity contribution is 9.10. The first kappa shape index (κ1) is 15.4. The molecule has 2 aromatic rings. The van der Waals surface area contributed by atoms with E-state index in [2.05, 4.69) is 36.8 Å². The Morgan fingerprint density at radius 2 is 1.90 bits per heavy atom. The number of benzene rings is 1. The molecule has 0 aliphatic heterocycles. The SMILES string of the molecule is Cc1cc(Br)ccc1NC(=O)CNc1cc(C)c(C)nn1. The minimum absolute atomic E-state index is 0.125.